The maximum Gasteiger partial charge on any atom is 0.410 e. The number of nitrogens with zero attached hydrogens (tertiary/aromatic N) is 1. The molecule has 5 nitrogen and oxygen atoms in total. The molecule has 0 aliphatic carbocycles. The number of amides is 1. The van der Waals surface area contributed by atoms with Gasteiger partial charge in [-0.2, -0.15) is 0 Å². The molecule has 23 heavy (non-hydrogen) atoms. The average Bonchev–Trinajstić information content (AvgIpc) is 2.60. The van der Waals surface area contributed by atoms with Crippen LogP contribution in [-0.2, 0) is 27.4 Å². The molecule has 2 rings (SSSR count). The van der Waals surface area contributed by atoms with Crippen LogP contribution in [0.4, 0.5) is 4.79 Å². The van der Waals surface area contributed by atoms with Crippen molar-refractivity contribution in [2.24, 2.45) is 0 Å². The Bertz CT molecular complexity index is 628. The highest BCUT2D eigenvalue weighted by Crippen LogP contribution is 2.08. The van der Waals surface area contributed by atoms with Gasteiger partial charge >= 0.3 is 12.1 Å². The second kappa shape index (κ2) is 8.58. The molecular formula is C18H19NO4. The van der Waals surface area contributed by atoms with E-state index in [2.05, 4.69) is 4.74 Å². The van der Waals surface area contributed by atoms with Crippen molar-refractivity contribution in [1.82, 2.24) is 4.90 Å². The fourth-order valence-corrected chi connectivity index (χ4v) is 2.02. The zero-order valence-electron chi connectivity index (χ0n) is 13.0. The Morgan fingerprint density at radius 2 is 1.48 bits per heavy atom. The molecule has 0 fully saturated rings. The van der Waals surface area contributed by atoms with Gasteiger partial charge in [-0.15, -0.1) is 0 Å². The highest BCUT2D eigenvalue weighted by molar-refractivity contribution is 5.78. The molecule has 0 unspecified atom stereocenters. The predicted octanol–water partition coefficient (Wildman–Crippen LogP) is 3.00. The largest absolute Gasteiger partial charge is 0.468 e. The molecule has 2 aromatic carbocycles. The lowest BCUT2D eigenvalue weighted by Crippen LogP contribution is -2.36. The normalized spacial score (nSPS) is 9.96. The van der Waals surface area contributed by atoms with E-state index >= 15 is 0 Å². The highest BCUT2D eigenvalue weighted by atomic mass is 16.6. The second-order valence-electron chi connectivity index (χ2n) is 4.96. The molecule has 0 radical (unpaired) electrons. The lowest BCUT2D eigenvalue weighted by atomic mass is 10.2. The minimum absolute atomic E-state index is 0.154. The molecule has 0 aliphatic heterocycles. The van der Waals surface area contributed by atoms with Crippen molar-refractivity contribution in [3.8, 4) is 0 Å². The fourth-order valence-electron chi connectivity index (χ4n) is 2.02. The third-order valence-corrected chi connectivity index (χ3v) is 3.23. The van der Waals surface area contributed by atoms with Crippen molar-refractivity contribution in [3.63, 3.8) is 0 Å². The number of hydrogen-bond donors (Lipinski definition) is 0. The van der Waals surface area contributed by atoms with E-state index in [0.29, 0.717) is 0 Å². The summed E-state index contributed by atoms with van der Waals surface area (Å²) in [5.74, 6) is -0.488. The van der Waals surface area contributed by atoms with Gasteiger partial charge in [-0.3, -0.25) is 9.69 Å². The van der Waals surface area contributed by atoms with Gasteiger partial charge in [0.2, 0.25) is 0 Å². The van der Waals surface area contributed by atoms with Crippen molar-refractivity contribution >= 4 is 12.1 Å². The molecule has 5 heteroatoms. The Kier molecular flexibility index (Phi) is 6.17. The van der Waals surface area contributed by atoms with E-state index in [9.17, 15) is 9.59 Å². The van der Waals surface area contributed by atoms with Crippen molar-refractivity contribution in [1.29, 1.82) is 0 Å². The Labute approximate surface area is 135 Å². The summed E-state index contributed by atoms with van der Waals surface area (Å²) in [4.78, 5) is 25.1. The third-order valence-electron chi connectivity index (χ3n) is 3.23. The lowest BCUT2D eigenvalue weighted by Gasteiger charge is -2.21. The van der Waals surface area contributed by atoms with Crippen LogP contribution in [-0.4, -0.2) is 30.6 Å². The van der Waals surface area contributed by atoms with Crippen LogP contribution in [0.25, 0.3) is 0 Å². The highest BCUT2D eigenvalue weighted by Gasteiger charge is 2.19. The maximum atomic E-state index is 12.3. The first-order valence-electron chi connectivity index (χ1n) is 7.25. The minimum Gasteiger partial charge on any atom is -0.468 e. The van der Waals surface area contributed by atoms with E-state index < -0.39 is 12.1 Å². The number of hydrogen-bond acceptors (Lipinski definition) is 4. The topological polar surface area (TPSA) is 55.8 Å². The monoisotopic (exact) mass is 313 g/mol. The molecule has 0 atom stereocenters. The fraction of sp³-hybridized carbons (Fsp3) is 0.222. The van der Waals surface area contributed by atoms with Gasteiger partial charge in [0.1, 0.15) is 13.2 Å². The molecule has 0 saturated heterocycles. The smallest absolute Gasteiger partial charge is 0.410 e. The number of esters is 1. The minimum atomic E-state index is -0.553. The van der Waals surface area contributed by atoms with Crippen molar-refractivity contribution < 1.29 is 19.1 Å². The summed E-state index contributed by atoms with van der Waals surface area (Å²) < 4.78 is 9.93. The molecule has 0 aromatic heterocycles. The van der Waals surface area contributed by atoms with Gasteiger partial charge in [-0.25, -0.2) is 4.79 Å². The van der Waals surface area contributed by atoms with Crippen LogP contribution in [0.2, 0.25) is 0 Å². The Morgan fingerprint density at radius 3 is 2.04 bits per heavy atom. The number of benzene rings is 2. The predicted molar refractivity (Wildman–Crippen MR) is 85.5 cm³/mol. The molecule has 0 heterocycles. The molecule has 120 valence electrons. The van der Waals surface area contributed by atoms with E-state index in [0.717, 1.165) is 11.1 Å². The van der Waals surface area contributed by atoms with Gasteiger partial charge in [0, 0.05) is 6.54 Å². The van der Waals surface area contributed by atoms with Crippen LogP contribution in [0.5, 0.6) is 0 Å². The standard InChI is InChI=1S/C18H19NO4/c1-22-17(20)13-19(12-15-8-4-2-5-9-15)18(21)23-14-16-10-6-3-7-11-16/h2-11H,12-14H2,1H3. The van der Waals surface area contributed by atoms with Crippen molar-refractivity contribution in [3.05, 3.63) is 71.8 Å². The third kappa shape index (κ3) is 5.47. The van der Waals surface area contributed by atoms with E-state index in [1.807, 2.05) is 60.7 Å². The first-order valence-corrected chi connectivity index (χ1v) is 7.25. The van der Waals surface area contributed by atoms with E-state index in [1.165, 1.54) is 12.0 Å². The zero-order chi connectivity index (χ0) is 16.5. The van der Waals surface area contributed by atoms with E-state index in [4.69, 9.17) is 4.74 Å². The number of methoxy groups -OCH3 is 1. The summed E-state index contributed by atoms with van der Waals surface area (Å²) in [5.41, 5.74) is 1.80. The van der Waals surface area contributed by atoms with Crippen LogP contribution in [0, 0.1) is 0 Å². The van der Waals surface area contributed by atoms with Crippen LogP contribution in [0.1, 0.15) is 11.1 Å². The number of rotatable bonds is 6. The quantitative estimate of drug-likeness (QED) is 0.769. The summed E-state index contributed by atoms with van der Waals surface area (Å²) >= 11 is 0. The molecule has 0 N–H and O–H groups in total. The Morgan fingerprint density at radius 1 is 0.913 bits per heavy atom. The first kappa shape index (κ1) is 16.5. The molecule has 0 spiro atoms. The van der Waals surface area contributed by atoms with Crippen LogP contribution in [0.3, 0.4) is 0 Å². The molecule has 0 bridgehead atoms. The Balaban J connectivity index is 2.00. The van der Waals surface area contributed by atoms with Gasteiger partial charge in [-0.1, -0.05) is 60.7 Å². The van der Waals surface area contributed by atoms with Crippen molar-refractivity contribution in [2.75, 3.05) is 13.7 Å². The lowest BCUT2D eigenvalue weighted by molar-refractivity contribution is -0.141. The number of carbonyl (C=O) groups excluding carboxylic acids is 2. The SMILES string of the molecule is COC(=O)CN(Cc1ccccc1)C(=O)OCc1ccccc1. The number of carbonyl (C=O) groups is 2. The molecule has 0 aliphatic rings. The molecular weight excluding hydrogens is 294 g/mol. The summed E-state index contributed by atoms with van der Waals surface area (Å²) in [6.45, 7) is 0.286. The van der Waals surface area contributed by atoms with Gasteiger partial charge < -0.3 is 9.47 Å². The van der Waals surface area contributed by atoms with E-state index in [-0.39, 0.29) is 19.7 Å². The molecule has 0 saturated carbocycles. The van der Waals surface area contributed by atoms with Gasteiger partial charge in [-0.05, 0) is 11.1 Å². The molecule has 1 amide bonds. The van der Waals surface area contributed by atoms with Crippen LogP contribution < -0.4 is 0 Å². The van der Waals surface area contributed by atoms with Gasteiger partial charge in [0.05, 0.1) is 7.11 Å². The van der Waals surface area contributed by atoms with Crippen molar-refractivity contribution in [2.45, 2.75) is 13.2 Å². The van der Waals surface area contributed by atoms with Gasteiger partial charge in [0.15, 0.2) is 0 Å². The second-order valence-corrected chi connectivity index (χ2v) is 4.96. The molecule has 2 aromatic rings. The summed E-state index contributed by atoms with van der Waals surface area (Å²) in [7, 11) is 1.29. The number of ether oxygens (including phenoxy) is 2. The average molecular weight is 313 g/mol. The first-order chi connectivity index (χ1) is 11.2. The van der Waals surface area contributed by atoms with Crippen LogP contribution >= 0.6 is 0 Å². The maximum absolute atomic E-state index is 12.3. The Hall–Kier alpha value is -2.82. The summed E-state index contributed by atoms with van der Waals surface area (Å²) in [5, 5.41) is 0. The summed E-state index contributed by atoms with van der Waals surface area (Å²) in [6, 6.07) is 18.8. The zero-order valence-corrected chi connectivity index (χ0v) is 13.0. The van der Waals surface area contributed by atoms with Gasteiger partial charge in [0.25, 0.3) is 0 Å². The van der Waals surface area contributed by atoms with E-state index in [1.54, 1.807) is 0 Å². The van der Waals surface area contributed by atoms with Crippen LogP contribution in [0.15, 0.2) is 60.7 Å². The summed E-state index contributed by atoms with van der Waals surface area (Å²) in [6.07, 6.45) is -0.553.